The third kappa shape index (κ3) is 5.17. The predicted octanol–water partition coefficient (Wildman–Crippen LogP) is 13.1. The van der Waals surface area contributed by atoms with Crippen molar-refractivity contribution in [2.24, 2.45) is 5.92 Å². The van der Waals surface area contributed by atoms with Gasteiger partial charge in [-0.25, -0.2) is 0 Å². The SMILES string of the molecule is C=C/C(=C\C(C)C)n1c2ccccc2c2cc(C3=CC=C4C(C3)c3cccc5c6ccccc6n4c35)ccc21.CC.CC.CC. The third-order valence-corrected chi connectivity index (χ3v) is 8.61. The van der Waals surface area contributed by atoms with Crippen LogP contribution in [0.4, 0.5) is 0 Å². The van der Waals surface area contributed by atoms with Gasteiger partial charge in [-0.1, -0.05) is 135 Å². The minimum atomic E-state index is 0.381. The summed E-state index contributed by atoms with van der Waals surface area (Å²) in [7, 11) is 0. The van der Waals surface area contributed by atoms with E-state index in [1.165, 1.54) is 66.0 Å². The van der Waals surface area contributed by atoms with Crippen molar-refractivity contribution in [2.45, 2.75) is 67.7 Å². The average Bonchev–Trinajstić information content (AvgIpc) is 3.74. The highest BCUT2D eigenvalue weighted by Gasteiger charge is 2.33. The van der Waals surface area contributed by atoms with Gasteiger partial charge in [0.1, 0.15) is 0 Å². The van der Waals surface area contributed by atoms with Crippen LogP contribution < -0.4 is 0 Å². The van der Waals surface area contributed by atoms with E-state index >= 15 is 0 Å². The Kier molecular flexibility index (Phi) is 9.63. The summed E-state index contributed by atoms with van der Waals surface area (Å²) in [6.45, 7) is 20.6. The molecule has 2 heteroatoms. The van der Waals surface area contributed by atoms with Gasteiger partial charge in [-0.05, 0) is 65.5 Å². The number of hydrogen-bond donors (Lipinski definition) is 0. The molecule has 0 saturated carbocycles. The number of aromatic nitrogens is 2. The Morgan fingerprint density at radius 1 is 0.711 bits per heavy atom. The van der Waals surface area contributed by atoms with E-state index in [9.17, 15) is 0 Å². The molecule has 1 atom stereocenters. The van der Waals surface area contributed by atoms with Gasteiger partial charge in [-0.2, -0.15) is 0 Å². The van der Waals surface area contributed by atoms with Crippen LogP contribution in [0.25, 0.3) is 60.6 Å². The summed E-state index contributed by atoms with van der Waals surface area (Å²) in [6.07, 6.45) is 10.0. The molecule has 230 valence electrons. The van der Waals surface area contributed by atoms with Crippen LogP contribution in [-0.2, 0) is 0 Å². The first-order valence-corrected chi connectivity index (χ1v) is 17.0. The monoisotopic (exact) mass is 592 g/mol. The number of allylic oxidation sites excluding steroid dienone is 7. The molecule has 1 aliphatic carbocycles. The van der Waals surface area contributed by atoms with E-state index in [1.807, 2.05) is 47.6 Å². The summed E-state index contributed by atoms with van der Waals surface area (Å²) in [4.78, 5) is 0. The lowest BCUT2D eigenvalue weighted by Crippen LogP contribution is -2.05. The molecule has 0 spiro atoms. The number of nitrogens with zero attached hydrogens (tertiary/aromatic N) is 2. The minimum absolute atomic E-state index is 0.381. The fourth-order valence-corrected chi connectivity index (χ4v) is 7.03. The van der Waals surface area contributed by atoms with E-state index in [0.717, 1.165) is 12.1 Å². The summed E-state index contributed by atoms with van der Waals surface area (Å²) >= 11 is 0. The van der Waals surface area contributed by atoms with E-state index in [0.29, 0.717) is 11.8 Å². The maximum absolute atomic E-state index is 4.15. The predicted molar refractivity (Wildman–Crippen MR) is 202 cm³/mol. The zero-order chi connectivity index (χ0) is 32.2. The molecule has 0 bridgehead atoms. The second kappa shape index (κ2) is 13.6. The molecule has 3 heterocycles. The summed E-state index contributed by atoms with van der Waals surface area (Å²) in [5.41, 5.74) is 11.9. The molecule has 6 aromatic rings. The van der Waals surface area contributed by atoms with Gasteiger partial charge in [0.25, 0.3) is 0 Å². The van der Waals surface area contributed by atoms with E-state index < -0.39 is 0 Å². The van der Waals surface area contributed by atoms with Crippen LogP contribution in [0.5, 0.6) is 0 Å². The van der Waals surface area contributed by atoms with Crippen molar-refractivity contribution in [3.63, 3.8) is 0 Å². The average molecular weight is 593 g/mol. The van der Waals surface area contributed by atoms with Gasteiger partial charge in [-0.3, -0.25) is 0 Å². The highest BCUT2D eigenvalue weighted by atomic mass is 15.0. The van der Waals surface area contributed by atoms with Crippen molar-refractivity contribution >= 4 is 60.6 Å². The Hall–Kier alpha value is -4.56. The molecule has 0 saturated heterocycles. The Labute approximate surface area is 269 Å². The number of benzene rings is 4. The standard InChI is InChI=1S/C37H30N2.3C2H6/c1-4-26(20-23(2)3)38-33-14-7-6-11-28(33)31-21-24(16-18-35(31)38)25-17-19-36-32(22-25)30-13-9-12-29-27-10-5-8-15-34(27)39(36)37(29)30;3*1-2/h4-21,23,32H,1,22H2,2-3H3;3*1-2H3/b26-20+;;;. The van der Waals surface area contributed by atoms with Gasteiger partial charge in [0, 0.05) is 38.9 Å². The first kappa shape index (κ1) is 31.9. The van der Waals surface area contributed by atoms with Crippen LogP contribution in [0.2, 0.25) is 0 Å². The summed E-state index contributed by atoms with van der Waals surface area (Å²) in [5, 5.41) is 5.28. The molecule has 45 heavy (non-hydrogen) atoms. The van der Waals surface area contributed by atoms with Gasteiger partial charge >= 0.3 is 0 Å². The van der Waals surface area contributed by atoms with Crippen molar-refractivity contribution in [2.75, 3.05) is 0 Å². The minimum Gasteiger partial charge on any atom is -0.312 e. The number of fused-ring (bicyclic) bond motifs is 9. The van der Waals surface area contributed by atoms with Crippen LogP contribution in [0.1, 0.15) is 78.9 Å². The van der Waals surface area contributed by atoms with E-state index in [1.54, 1.807) is 0 Å². The molecular weight excluding hydrogens is 544 g/mol. The topological polar surface area (TPSA) is 9.86 Å². The lowest BCUT2D eigenvalue weighted by atomic mass is 9.84. The zero-order valence-electron chi connectivity index (χ0n) is 28.4. The van der Waals surface area contributed by atoms with Crippen molar-refractivity contribution < 1.29 is 0 Å². The van der Waals surface area contributed by atoms with Crippen LogP contribution in [0.3, 0.4) is 0 Å². The fourth-order valence-electron chi connectivity index (χ4n) is 7.03. The molecule has 1 aliphatic heterocycles. The van der Waals surface area contributed by atoms with Gasteiger partial charge in [-0.15, -0.1) is 0 Å². The van der Waals surface area contributed by atoms with Crippen LogP contribution >= 0.6 is 0 Å². The molecule has 1 unspecified atom stereocenters. The van der Waals surface area contributed by atoms with Crippen molar-refractivity contribution in [1.29, 1.82) is 0 Å². The first-order valence-electron chi connectivity index (χ1n) is 17.0. The van der Waals surface area contributed by atoms with Crippen molar-refractivity contribution in [3.05, 3.63) is 127 Å². The highest BCUT2D eigenvalue weighted by molar-refractivity contribution is 6.14. The normalized spacial score (nSPS) is 15.0. The number of rotatable bonds is 4. The molecular formula is C43H48N2. The second-order valence-electron chi connectivity index (χ2n) is 11.3. The highest BCUT2D eigenvalue weighted by Crippen LogP contribution is 2.51. The molecule has 0 N–H and O–H groups in total. The number of para-hydroxylation sites is 3. The largest absolute Gasteiger partial charge is 0.312 e. The second-order valence-corrected chi connectivity index (χ2v) is 11.3. The summed E-state index contributed by atoms with van der Waals surface area (Å²) < 4.78 is 4.87. The molecule has 4 aromatic carbocycles. The van der Waals surface area contributed by atoms with Gasteiger partial charge in [0.2, 0.25) is 0 Å². The molecule has 2 aromatic heterocycles. The Balaban J connectivity index is 0.000000632. The molecule has 8 rings (SSSR count). The van der Waals surface area contributed by atoms with Crippen LogP contribution in [-0.4, -0.2) is 9.13 Å². The van der Waals surface area contributed by atoms with E-state index in [-0.39, 0.29) is 0 Å². The molecule has 0 fully saturated rings. The van der Waals surface area contributed by atoms with E-state index in [2.05, 4.69) is 133 Å². The maximum atomic E-state index is 4.15. The van der Waals surface area contributed by atoms with E-state index in [4.69, 9.17) is 0 Å². The molecule has 0 amide bonds. The zero-order valence-corrected chi connectivity index (χ0v) is 28.4. The summed E-state index contributed by atoms with van der Waals surface area (Å²) in [6, 6.07) is 31.4. The first-order chi connectivity index (χ1) is 22.1. The van der Waals surface area contributed by atoms with Crippen molar-refractivity contribution in [3.8, 4) is 0 Å². The van der Waals surface area contributed by atoms with Gasteiger partial charge < -0.3 is 9.13 Å². The Morgan fingerprint density at radius 3 is 2.02 bits per heavy atom. The third-order valence-electron chi connectivity index (χ3n) is 8.61. The smallest absolute Gasteiger partial charge is 0.0577 e. The van der Waals surface area contributed by atoms with Crippen molar-refractivity contribution in [1.82, 2.24) is 9.13 Å². The quantitative estimate of drug-likeness (QED) is 0.180. The van der Waals surface area contributed by atoms with Crippen LogP contribution in [0.15, 0.2) is 116 Å². The number of hydrogen-bond acceptors (Lipinski definition) is 0. The van der Waals surface area contributed by atoms with Gasteiger partial charge in [0.15, 0.2) is 0 Å². The fraction of sp³-hybridized carbons (Fsp3) is 0.256. The van der Waals surface area contributed by atoms with Crippen LogP contribution in [0, 0.1) is 5.92 Å². The molecule has 2 nitrogen and oxygen atoms in total. The molecule has 0 radical (unpaired) electrons. The summed E-state index contributed by atoms with van der Waals surface area (Å²) in [5.74, 6) is 0.821. The lowest BCUT2D eigenvalue weighted by Gasteiger charge is -2.22. The Morgan fingerprint density at radius 2 is 1.33 bits per heavy atom. The Bertz CT molecular complexity index is 2090. The molecule has 2 aliphatic rings. The lowest BCUT2D eigenvalue weighted by molar-refractivity contribution is 0.829. The maximum Gasteiger partial charge on any atom is 0.0577 e. The van der Waals surface area contributed by atoms with Gasteiger partial charge in [0.05, 0.1) is 22.1 Å².